The van der Waals surface area contributed by atoms with Crippen LogP contribution in [-0.4, -0.2) is 65.4 Å². The van der Waals surface area contributed by atoms with Crippen molar-refractivity contribution in [1.29, 1.82) is 0 Å². The molecule has 0 atom stereocenters. The van der Waals surface area contributed by atoms with Gasteiger partial charge in [0, 0.05) is 54.1 Å². The lowest BCUT2D eigenvalue weighted by Crippen LogP contribution is -2.52. The molecule has 1 amide bonds. The van der Waals surface area contributed by atoms with E-state index in [4.69, 9.17) is 9.84 Å². The van der Waals surface area contributed by atoms with Gasteiger partial charge in [-0.05, 0) is 59.2 Å². The topological polar surface area (TPSA) is 122 Å². The Morgan fingerprint density at radius 1 is 1.17 bits per heavy atom. The number of aromatic amines is 2. The Balaban J connectivity index is 1.30. The smallest absolute Gasteiger partial charge is 0.410 e. The molecule has 4 aromatic heterocycles. The highest BCUT2D eigenvalue weighted by Crippen LogP contribution is 2.30. The van der Waals surface area contributed by atoms with E-state index in [2.05, 4.69) is 20.2 Å². The summed E-state index contributed by atoms with van der Waals surface area (Å²) in [4.78, 5) is 34.6. The van der Waals surface area contributed by atoms with Crippen LogP contribution in [0.3, 0.4) is 0 Å². The Morgan fingerprint density at radius 3 is 2.58 bits per heavy atom. The predicted molar refractivity (Wildman–Crippen MR) is 135 cm³/mol. The van der Waals surface area contributed by atoms with Crippen LogP contribution >= 0.6 is 0 Å². The lowest BCUT2D eigenvalue weighted by atomic mass is 10.0. The molecule has 0 spiro atoms. The van der Waals surface area contributed by atoms with Crippen LogP contribution < -0.4 is 0 Å². The van der Waals surface area contributed by atoms with Gasteiger partial charge in [-0.2, -0.15) is 10.2 Å². The molecule has 0 saturated carbocycles. The fourth-order valence-electron chi connectivity index (χ4n) is 4.36. The van der Waals surface area contributed by atoms with Crippen molar-refractivity contribution < 1.29 is 14.3 Å². The average molecular weight is 490 g/mol. The predicted octanol–water partition coefficient (Wildman–Crippen LogP) is 4.29. The molecule has 36 heavy (non-hydrogen) atoms. The van der Waals surface area contributed by atoms with Gasteiger partial charge in [-0.15, -0.1) is 0 Å². The zero-order valence-electron chi connectivity index (χ0n) is 21.5. The largest absolute Gasteiger partial charge is 0.444 e. The van der Waals surface area contributed by atoms with Crippen molar-refractivity contribution in [1.82, 2.24) is 34.8 Å². The highest BCUT2D eigenvalue weighted by molar-refractivity contribution is 5.97. The lowest BCUT2D eigenvalue weighted by molar-refractivity contribution is -0.000413. The first-order chi connectivity index (χ1) is 17.0. The number of hydrogen-bond donors (Lipinski definition) is 2. The number of H-pyrrole nitrogens is 2. The van der Waals surface area contributed by atoms with Gasteiger partial charge in [-0.3, -0.25) is 14.6 Å². The third kappa shape index (κ3) is 4.50. The summed E-state index contributed by atoms with van der Waals surface area (Å²) in [5, 5.41) is 12.6. The minimum absolute atomic E-state index is 0.0354. The summed E-state index contributed by atoms with van der Waals surface area (Å²) in [5.41, 5.74) is 6.11. The van der Waals surface area contributed by atoms with Crippen molar-refractivity contribution in [3.8, 4) is 11.3 Å². The van der Waals surface area contributed by atoms with Crippen molar-refractivity contribution in [3.05, 3.63) is 52.7 Å². The standard InChI is InChI=1S/C26H31N7O3/c1-14-15(2)29-30-23(14)22(34)8-17-7-18-9-21(28-24(18)27-10-17)20-13-33(31-16(20)3)19-11-32(12-19)25(35)36-26(4,5)6/h7,9-10,13,19H,8,11-12H2,1-6H3,(H,27,28)(H,29,30). The number of Topliss-reactive ketones (excluding diaryl/α,β-unsaturated/α-hetero) is 1. The zero-order chi connectivity index (χ0) is 25.8. The summed E-state index contributed by atoms with van der Waals surface area (Å²) >= 11 is 0. The maximum atomic E-state index is 12.7. The summed E-state index contributed by atoms with van der Waals surface area (Å²) in [6.45, 7) is 12.5. The number of carbonyl (C=O) groups excluding carboxylic acids is 2. The van der Waals surface area contributed by atoms with E-state index in [1.54, 1.807) is 11.1 Å². The van der Waals surface area contributed by atoms with Crippen LogP contribution in [-0.2, 0) is 11.2 Å². The number of ether oxygens (including phenoxy) is 1. The number of likely N-dealkylation sites (tertiary alicyclic amines) is 1. The van der Waals surface area contributed by atoms with Gasteiger partial charge in [0.15, 0.2) is 5.78 Å². The molecular formula is C26H31N7O3. The van der Waals surface area contributed by atoms with Crippen molar-refractivity contribution in [2.75, 3.05) is 13.1 Å². The number of hydrogen-bond acceptors (Lipinski definition) is 6. The van der Waals surface area contributed by atoms with Crippen molar-refractivity contribution in [2.45, 2.75) is 59.6 Å². The van der Waals surface area contributed by atoms with Crippen LogP contribution in [0.2, 0.25) is 0 Å². The molecule has 0 aromatic carbocycles. The second-order valence-corrected chi connectivity index (χ2v) is 10.5. The Morgan fingerprint density at radius 2 is 1.92 bits per heavy atom. The lowest BCUT2D eigenvalue weighted by Gasteiger charge is -2.39. The molecule has 188 valence electrons. The maximum Gasteiger partial charge on any atom is 0.410 e. The molecule has 0 bridgehead atoms. The molecule has 1 aliphatic heterocycles. The van der Waals surface area contributed by atoms with Crippen molar-refractivity contribution in [2.24, 2.45) is 0 Å². The van der Waals surface area contributed by atoms with Crippen LogP contribution in [0.25, 0.3) is 22.3 Å². The highest BCUT2D eigenvalue weighted by atomic mass is 16.6. The summed E-state index contributed by atoms with van der Waals surface area (Å²) in [6, 6.07) is 4.13. The van der Waals surface area contributed by atoms with Crippen LogP contribution in [0.5, 0.6) is 0 Å². The SMILES string of the molecule is Cc1nn(C2CN(C(=O)OC(C)(C)C)C2)cc1-c1cc2cc(CC(=O)c3n[nH]c(C)c3C)cnc2[nH]1. The molecular weight excluding hydrogens is 458 g/mol. The van der Waals surface area contributed by atoms with E-state index in [1.807, 2.05) is 64.6 Å². The fourth-order valence-corrected chi connectivity index (χ4v) is 4.36. The van der Waals surface area contributed by atoms with Gasteiger partial charge in [-0.1, -0.05) is 0 Å². The van der Waals surface area contributed by atoms with Gasteiger partial charge in [0.25, 0.3) is 0 Å². The van der Waals surface area contributed by atoms with Gasteiger partial charge in [0.2, 0.25) is 0 Å². The highest BCUT2D eigenvalue weighted by Gasteiger charge is 2.35. The molecule has 10 heteroatoms. The monoisotopic (exact) mass is 489 g/mol. The third-order valence-electron chi connectivity index (χ3n) is 6.50. The van der Waals surface area contributed by atoms with E-state index in [0.29, 0.717) is 18.8 Å². The van der Waals surface area contributed by atoms with Crippen molar-refractivity contribution >= 4 is 22.9 Å². The molecule has 1 aliphatic rings. The molecule has 5 rings (SSSR count). The molecule has 10 nitrogen and oxygen atoms in total. The van der Waals surface area contributed by atoms with Crippen LogP contribution in [0.15, 0.2) is 24.5 Å². The minimum atomic E-state index is -0.509. The van der Waals surface area contributed by atoms with Crippen LogP contribution in [0.4, 0.5) is 4.79 Å². The molecule has 0 radical (unpaired) electrons. The second kappa shape index (κ2) is 8.61. The Labute approximate surface area is 209 Å². The normalized spacial score (nSPS) is 14.3. The summed E-state index contributed by atoms with van der Waals surface area (Å²) < 4.78 is 7.36. The number of ketones is 1. The summed E-state index contributed by atoms with van der Waals surface area (Å²) in [5.74, 6) is -0.0354. The van der Waals surface area contributed by atoms with E-state index < -0.39 is 5.60 Å². The van der Waals surface area contributed by atoms with Crippen LogP contribution in [0, 0.1) is 20.8 Å². The summed E-state index contributed by atoms with van der Waals surface area (Å²) in [6.07, 6.45) is 3.67. The molecule has 1 saturated heterocycles. The Bertz CT molecular complexity index is 1460. The van der Waals surface area contributed by atoms with E-state index in [9.17, 15) is 9.59 Å². The minimum Gasteiger partial charge on any atom is -0.444 e. The van der Waals surface area contributed by atoms with Gasteiger partial charge < -0.3 is 14.6 Å². The number of carbonyl (C=O) groups is 2. The molecule has 5 heterocycles. The number of aryl methyl sites for hydroxylation is 2. The number of fused-ring (bicyclic) bond motifs is 1. The Kier molecular flexibility index (Phi) is 5.69. The number of aromatic nitrogens is 6. The number of rotatable bonds is 5. The van der Waals surface area contributed by atoms with E-state index in [-0.39, 0.29) is 24.3 Å². The number of amides is 1. The first-order valence-electron chi connectivity index (χ1n) is 12.0. The molecule has 1 fully saturated rings. The van der Waals surface area contributed by atoms with Gasteiger partial charge >= 0.3 is 6.09 Å². The molecule has 4 aromatic rings. The number of nitrogens with zero attached hydrogens (tertiary/aromatic N) is 5. The number of pyridine rings is 1. The molecule has 0 unspecified atom stereocenters. The van der Waals surface area contributed by atoms with Gasteiger partial charge in [0.1, 0.15) is 16.9 Å². The van der Waals surface area contributed by atoms with E-state index in [1.165, 1.54) is 0 Å². The van der Waals surface area contributed by atoms with Crippen LogP contribution in [0.1, 0.15) is 59.8 Å². The van der Waals surface area contributed by atoms with E-state index >= 15 is 0 Å². The maximum absolute atomic E-state index is 12.7. The molecule has 0 aliphatic carbocycles. The van der Waals surface area contributed by atoms with E-state index in [0.717, 1.165) is 44.8 Å². The first-order valence-corrected chi connectivity index (χ1v) is 12.0. The zero-order valence-corrected chi connectivity index (χ0v) is 21.5. The third-order valence-corrected chi connectivity index (χ3v) is 6.50. The first kappa shape index (κ1) is 23.8. The Hall–Kier alpha value is -3.95. The van der Waals surface area contributed by atoms with Crippen molar-refractivity contribution in [3.63, 3.8) is 0 Å². The van der Waals surface area contributed by atoms with Gasteiger partial charge in [0.05, 0.1) is 17.4 Å². The second-order valence-electron chi connectivity index (χ2n) is 10.5. The average Bonchev–Trinajstić information content (AvgIpc) is 3.42. The quantitative estimate of drug-likeness (QED) is 0.403. The number of nitrogens with one attached hydrogen (secondary N) is 2. The fraction of sp³-hybridized carbons (Fsp3) is 0.423. The molecule has 2 N–H and O–H groups in total. The summed E-state index contributed by atoms with van der Waals surface area (Å²) in [7, 11) is 0. The van der Waals surface area contributed by atoms with Gasteiger partial charge in [-0.25, -0.2) is 9.78 Å².